The van der Waals surface area contributed by atoms with Crippen LogP contribution in [0.25, 0.3) is 11.0 Å². The van der Waals surface area contributed by atoms with Crippen LogP contribution in [-0.2, 0) is 14.3 Å². The van der Waals surface area contributed by atoms with Crippen LogP contribution < -0.4 is 4.90 Å². The first-order valence-corrected chi connectivity index (χ1v) is 10.5. The van der Waals surface area contributed by atoms with Crippen LogP contribution in [0.2, 0.25) is 0 Å². The first kappa shape index (κ1) is 20.1. The molecule has 1 aliphatic rings. The number of rotatable bonds is 7. The van der Waals surface area contributed by atoms with E-state index < -0.39 is 17.9 Å². The van der Waals surface area contributed by atoms with E-state index in [1.807, 2.05) is 47.0 Å². The van der Waals surface area contributed by atoms with E-state index in [4.69, 9.17) is 9.72 Å². The summed E-state index contributed by atoms with van der Waals surface area (Å²) in [6.45, 7) is 4.59. The second kappa shape index (κ2) is 8.65. The van der Waals surface area contributed by atoms with Crippen molar-refractivity contribution in [1.29, 1.82) is 0 Å². The minimum absolute atomic E-state index is 0.213. The molecule has 3 aromatic rings. The number of nitrogens with zero attached hydrogens (tertiary/aromatic N) is 4. The summed E-state index contributed by atoms with van der Waals surface area (Å²) < 4.78 is 7.31. The molecule has 0 radical (unpaired) electrons. The summed E-state index contributed by atoms with van der Waals surface area (Å²) in [7, 11) is 0. The fraction of sp³-hybridized carbons (Fsp3) is 0.391. The number of ether oxygens (including phenoxy) is 1. The summed E-state index contributed by atoms with van der Waals surface area (Å²) in [6.07, 6.45) is 4.55. The lowest BCUT2D eigenvalue weighted by atomic mass is 9.92. The van der Waals surface area contributed by atoms with Gasteiger partial charge in [0.05, 0.1) is 23.3 Å². The zero-order valence-corrected chi connectivity index (χ0v) is 17.3. The molecule has 1 amide bonds. The summed E-state index contributed by atoms with van der Waals surface area (Å²) >= 11 is 0. The highest BCUT2D eigenvalue weighted by atomic mass is 16.5. The van der Waals surface area contributed by atoms with Crippen LogP contribution in [0, 0.1) is 5.92 Å². The summed E-state index contributed by atoms with van der Waals surface area (Å²) in [6, 6.07) is 12.7. The van der Waals surface area contributed by atoms with Crippen LogP contribution in [0.4, 0.5) is 5.95 Å². The molecule has 7 heteroatoms. The van der Waals surface area contributed by atoms with Crippen molar-refractivity contribution in [3.8, 4) is 0 Å². The Morgan fingerprint density at radius 2 is 1.90 bits per heavy atom. The Labute approximate surface area is 175 Å². The third-order valence-corrected chi connectivity index (χ3v) is 5.46. The molecule has 0 bridgehead atoms. The number of unbranched alkanes of at least 4 members (excludes halogenated alkanes) is 2. The minimum Gasteiger partial charge on any atom is -0.465 e. The number of benzene rings is 1. The number of pyridine rings is 1. The maximum atomic E-state index is 13.6. The van der Waals surface area contributed by atoms with Crippen molar-refractivity contribution in [2.24, 2.45) is 5.92 Å². The molecule has 7 nitrogen and oxygen atoms in total. The number of amides is 1. The minimum atomic E-state index is -1.01. The van der Waals surface area contributed by atoms with Crippen molar-refractivity contribution < 1.29 is 14.3 Å². The maximum Gasteiger partial charge on any atom is 0.321 e. The highest BCUT2D eigenvalue weighted by molar-refractivity contribution is 6.08. The van der Waals surface area contributed by atoms with Crippen LogP contribution >= 0.6 is 0 Å². The summed E-state index contributed by atoms with van der Waals surface area (Å²) in [5, 5.41) is 0. The third-order valence-electron chi connectivity index (χ3n) is 5.46. The largest absolute Gasteiger partial charge is 0.465 e. The van der Waals surface area contributed by atoms with E-state index in [1.165, 1.54) is 0 Å². The molecule has 0 N–H and O–H groups in total. The van der Waals surface area contributed by atoms with E-state index in [9.17, 15) is 9.59 Å². The van der Waals surface area contributed by atoms with Gasteiger partial charge in [0.25, 0.3) is 0 Å². The fourth-order valence-electron chi connectivity index (χ4n) is 4.09. The quantitative estimate of drug-likeness (QED) is 0.339. The summed E-state index contributed by atoms with van der Waals surface area (Å²) in [4.78, 5) is 37.5. The van der Waals surface area contributed by atoms with Gasteiger partial charge in [-0.2, -0.15) is 0 Å². The number of carbonyl (C=O) groups excluding carboxylic acids is 2. The number of esters is 1. The van der Waals surface area contributed by atoms with Crippen molar-refractivity contribution in [3.05, 3.63) is 54.4 Å². The van der Waals surface area contributed by atoms with Gasteiger partial charge in [0, 0.05) is 12.7 Å². The number of carbonyl (C=O) groups is 2. The monoisotopic (exact) mass is 406 g/mol. The van der Waals surface area contributed by atoms with Crippen molar-refractivity contribution in [2.75, 3.05) is 18.1 Å². The Morgan fingerprint density at radius 1 is 1.10 bits per heavy atom. The Bertz CT molecular complexity index is 1050. The fourth-order valence-corrected chi connectivity index (χ4v) is 4.09. The van der Waals surface area contributed by atoms with E-state index in [2.05, 4.69) is 11.9 Å². The maximum absolute atomic E-state index is 13.6. The van der Waals surface area contributed by atoms with Crippen molar-refractivity contribution in [1.82, 2.24) is 14.5 Å². The number of imidazole rings is 1. The van der Waals surface area contributed by atoms with Gasteiger partial charge >= 0.3 is 5.97 Å². The molecule has 4 rings (SSSR count). The highest BCUT2D eigenvalue weighted by Crippen LogP contribution is 2.40. The van der Waals surface area contributed by atoms with Crippen LogP contribution in [-0.4, -0.2) is 39.6 Å². The van der Waals surface area contributed by atoms with Gasteiger partial charge in [-0.15, -0.1) is 0 Å². The second-order valence-corrected chi connectivity index (χ2v) is 7.40. The Morgan fingerprint density at radius 3 is 2.63 bits per heavy atom. The predicted molar refractivity (Wildman–Crippen MR) is 114 cm³/mol. The molecule has 0 spiro atoms. The van der Waals surface area contributed by atoms with E-state index in [1.54, 1.807) is 18.0 Å². The van der Waals surface area contributed by atoms with Gasteiger partial charge < -0.3 is 4.74 Å². The van der Waals surface area contributed by atoms with Gasteiger partial charge in [0.1, 0.15) is 6.04 Å². The SMILES string of the molecule is CCCCCN1C(=O)C(C(=O)OCC)C(c2ccccn2)n2c1nc1ccccc12. The zero-order valence-electron chi connectivity index (χ0n) is 17.3. The smallest absolute Gasteiger partial charge is 0.321 e. The third kappa shape index (κ3) is 3.44. The second-order valence-electron chi connectivity index (χ2n) is 7.40. The average molecular weight is 406 g/mol. The Kier molecular flexibility index (Phi) is 5.79. The van der Waals surface area contributed by atoms with Crippen LogP contribution in [0.1, 0.15) is 44.8 Å². The van der Waals surface area contributed by atoms with Crippen LogP contribution in [0.15, 0.2) is 48.7 Å². The molecule has 2 aromatic heterocycles. The lowest BCUT2D eigenvalue weighted by molar-refractivity contribution is -0.153. The standard InChI is InChI=1S/C23H26N4O3/c1-3-5-10-15-26-21(28)19(22(29)30-4-2)20(17-12-8-9-14-24-17)27-18-13-7-6-11-16(18)25-23(26)27/h6-9,11-14,19-20H,3-5,10,15H2,1-2H3. The number of hydrogen-bond acceptors (Lipinski definition) is 5. The van der Waals surface area contributed by atoms with Gasteiger partial charge in [0.15, 0.2) is 5.92 Å². The molecular formula is C23H26N4O3. The van der Waals surface area contributed by atoms with E-state index in [0.29, 0.717) is 18.2 Å². The van der Waals surface area contributed by atoms with E-state index >= 15 is 0 Å². The Balaban J connectivity index is 1.93. The molecule has 0 fully saturated rings. The van der Waals surface area contributed by atoms with Gasteiger partial charge in [-0.3, -0.25) is 24.0 Å². The normalized spacial score (nSPS) is 18.5. The van der Waals surface area contributed by atoms with Gasteiger partial charge in [0.2, 0.25) is 11.9 Å². The summed E-state index contributed by atoms with van der Waals surface area (Å²) in [5.41, 5.74) is 2.29. The van der Waals surface area contributed by atoms with E-state index in [-0.39, 0.29) is 12.5 Å². The molecule has 30 heavy (non-hydrogen) atoms. The lowest BCUT2D eigenvalue weighted by Gasteiger charge is -2.37. The molecule has 2 atom stereocenters. The zero-order chi connectivity index (χ0) is 21.1. The highest BCUT2D eigenvalue weighted by Gasteiger charge is 2.48. The lowest BCUT2D eigenvalue weighted by Crippen LogP contribution is -2.50. The number of anilines is 1. The first-order chi connectivity index (χ1) is 14.7. The molecule has 1 aliphatic heterocycles. The van der Waals surface area contributed by atoms with Crippen molar-refractivity contribution >= 4 is 28.9 Å². The molecule has 0 saturated heterocycles. The van der Waals surface area contributed by atoms with Crippen LogP contribution in [0.5, 0.6) is 0 Å². The number of hydrogen-bond donors (Lipinski definition) is 0. The van der Waals surface area contributed by atoms with Gasteiger partial charge in [-0.25, -0.2) is 4.98 Å². The molecular weight excluding hydrogens is 380 g/mol. The predicted octanol–water partition coefficient (Wildman–Crippen LogP) is 3.74. The molecule has 3 heterocycles. The Hall–Kier alpha value is -3.22. The number of para-hydroxylation sites is 2. The molecule has 2 unspecified atom stereocenters. The van der Waals surface area contributed by atoms with Gasteiger partial charge in [-0.1, -0.05) is 38.0 Å². The number of aromatic nitrogens is 3. The van der Waals surface area contributed by atoms with Gasteiger partial charge in [-0.05, 0) is 37.6 Å². The van der Waals surface area contributed by atoms with Crippen molar-refractivity contribution in [3.63, 3.8) is 0 Å². The van der Waals surface area contributed by atoms with Crippen LogP contribution in [0.3, 0.4) is 0 Å². The topological polar surface area (TPSA) is 77.3 Å². The van der Waals surface area contributed by atoms with E-state index in [0.717, 1.165) is 30.3 Å². The molecule has 156 valence electrons. The average Bonchev–Trinajstić information content (AvgIpc) is 3.14. The first-order valence-electron chi connectivity index (χ1n) is 10.5. The van der Waals surface area contributed by atoms with Crippen molar-refractivity contribution in [2.45, 2.75) is 39.2 Å². The molecule has 0 saturated carbocycles. The molecule has 0 aliphatic carbocycles. The molecule has 1 aromatic carbocycles. The number of fused-ring (bicyclic) bond motifs is 3. The summed E-state index contributed by atoms with van der Waals surface area (Å²) in [5.74, 6) is -1.25.